The number of hydrogen-bond donors (Lipinski definition) is 5. The molecule has 2 aromatic carbocycles. The molecule has 0 amide bonds. The number of nitrogens with two attached hydrogens (primary N) is 1. The van der Waals surface area contributed by atoms with Crippen molar-refractivity contribution in [3.05, 3.63) is 65.9 Å². The fraction of sp³-hybridized carbons (Fsp3) is 0.217. The van der Waals surface area contributed by atoms with Crippen LogP contribution in [0.25, 0.3) is 21.9 Å². The molecule has 0 saturated carbocycles. The Labute approximate surface area is 179 Å². The molecule has 0 spiro atoms. The van der Waals surface area contributed by atoms with Gasteiger partial charge in [-0.15, -0.1) is 0 Å². The van der Waals surface area contributed by atoms with Gasteiger partial charge < -0.3 is 25.3 Å². The number of fused-ring (bicyclic) bond motifs is 2. The number of H-pyrrole nitrogens is 2. The van der Waals surface area contributed by atoms with Crippen molar-refractivity contribution in [2.24, 2.45) is 10.7 Å². The van der Waals surface area contributed by atoms with Crippen LogP contribution < -0.4 is 21.1 Å². The van der Waals surface area contributed by atoms with Crippen LogP contribution in [0.15, 0.2) is 59.5 Å². The summed E-state index contributed by atoms with van der Waals surface area (Å²) in [5.74, 6) is 1.64. The second-order valence-corrected chi connectivity index (χ2v) is 7.81. The van der Waals surface area contributed by atoms with E-state index in [1.165, 1.54) is 5.56 Å². The van der Waals surface area contributed by atoms with Crippen molar-refractivity contribution >= 4 is 33.8 Å². The number of aryl methyl sites for hydroxylation is 2. The Kier molecular flexibility index (Phi) is 4.63. The lowest BCUT2D eigenvalue weighted by Gasteiger charge is -2.31. The quantitative estimate of drug-likeness (QED) is 0.330. The highest BCUT2D eigenvalue weighted by Gasteiger charge is 2.26. The minimum atomic E-state index is -0.895. The van der Waals surface area contributed by atoms with Crippen LogP contribution in [0.2, 0.25) is 0 Å². The van der Waals surface area contributed by atoms with E-state index in [0.29, 0.717) is 6.42 Å². The summed E-state index contributed by atoms with van der Waals surface area (Å²) in [5, 5.41) is 7.86. The van der Waals surface area contributed by atoms with Crippen molar-refractivity contribution < 1.29 is 4.74 Å². The van der Waals surface area contributed by atoms with Crippen molar-refractivity contribution in [3.63, 3.8) is 0 Å². The first-order valence-electron chi connectivity index (χ1n) is 10.2. The monoisotopic (exact) mass is 415 g/mol. The minimum absolute atomic E-state index is 0.630. The summed E-state index contributed by atoms with van der Waals surface area (Å²) >= 11 is 0. The van der Waals surface area contributed by atoms with Crippen LogP contribution in [-0.4, -0.2) is 34.1 Å². The maximum Gasteiger partial charge on any atom is 0.183 e. The smallest absolute Gasteiger partial charge is 0.183 e. The molecule has 1 unspecified atom stereocenters. The molecule has 4 aromatic rings. The molecule has 0 aliphatic carbocycles. The van der Waals surface area contributed by atoms with Crippen LogP contribution in [0.3, 0.4) is 0 Å². The van der Waals surface area contributed by atoms with Gasteiger partial charge in [0.2, 0.25) is 0 Å². The Bertz CT molecular complexity index is 1320. The molecular formula is C23H25N7O. The van der Waals surface area contributed by atoms with E-state index in [1.807, 2.05) is 55.6 Å². The van der Waals surface area contributed by atoms with Gasteiger partial charge in [-0.2, -0.15) is 0 Å². The molecule has 0 radical (unpaired) electrons. The zero-order valence-electron chi connectivity index (χ0n) is 17.5. The summed E-state index contributed by atoms with van der Waals surface area (Å²) in [7, 11) is 1.68. The predicted molar refractivity (Wildman–Crippen MR) is 124 cm³/mol. The molecule has 2 aromatic heterocycles. The molecule has 1 aliphatic heterocycles. The number of benzene rings is 2. The van der Waals surface area contributed by atoms with Crippen LogP contribution in [0.1, 0.15) is 17.8 Å². The molecule has 1 atom stereocenters. The molecule has 0 fully saturated rings. The Balaban J connectivity index is 1.28. The molecule has 0 saturated heterocycles. The normalized spacial score (nSPS) is 18.2. The number of methoxy groups -OCH3 is 1. The van der Waals surface area contributed by atoms with Gasteiger partial charge in [0, 0.05) is 35.4 Å². The number of imidazole rings is 1. The Hall–Kier alpha value is -3.78. The van der Waals surface area contributed by atoms with E-state index in [-0.39, 0.29) is 0 Å². The maximum atomic E-state index is 6.57. The summed E-state index contributed by atoms with van der Waals surface area (Å²) in [6.07, 6.45) is 7.04. The van der Waals surface area contributed by atoms with E-state index in [9.17, 15) is 0 Å². The van der Waals surface area contributed by atoms with E-state index in [2.05, 4.69) is 30.6 Å². The fourth-order valence-electron chi connectivity index (χ4n) is 3.94. The van der Waals surface area contributed by atoms with Gasteiger partial charge >= 0.3 is 0 Å². The molecule has 6 N–H and O–H groups in total. The van der Waals surface area contributed by atoms with Crippen molar-refractivity contribution in [2.75, 3.05) is 12.4 Å². The van der Waals surface area contributed by atoms with Gasteiger partial charge in [-0.05, 0) is 61.4 Å². The number of allylic oxidation sites excluding steroid dienone is 1. The first-order chi connectivity index (χ1) is 15.0. The highest BCUT2D eigenvalue weighted by molar-refractivity contribution is 5.84. The van der Waals surface area contributed by atoms with Crippen molar-refractivity contribution in [3.8, 4) is 5.75 Å². The summed E-state index contributed by atoms with van der Waals surface area (Å²) in [6, 6.07) is 12.0. The second-order valence-electron chi connectivity index (χ2n) is 7.81. The second kappa shape index (κ2) is 7.48. The third-order valence-corrected chi connectivity index (χ3v) is 5.53. The highest BCUT2D eigenvalue weighted by Crippen LogP contribution is 2.26. The average Bonchev–Trinajstić information content (AvgIpc) is 3.33. The first kappa shape index (κ1) is 19.2. The summed E-state index contributed by atoms with van der Waals surface area (Å²) in [6.45, 7) is 1.95. The van der Waals surface area contributed by atoms with Crippen LogP contribution in [0.4, 0.5) is 5.69 Å². The summed E-state index contributed by atoms with van der Waals surface area (Å²) in [4.78, 5) is 15.5. The fourth-order valence-corrected chi connectivity index (χ4v) is 3.94. The number of ether oxygens (including phenoxy) is 1. The molecule has 1 aliphatic rings. The number of nitrogens with one attached hydrogen (secondary N) is 4. The standard InChI is InChI=1S/C23H25N7O/c1-14-27-20-5-3-16(11-21(20)28-14)29-22-8-10-26-23(24,30-22)9-7-15-13-25-19-6-4-17(31-2)12-18(15)19/h3-6,8,10-13,25,29-30H,7,9,24H2,1-2H3,(H,27,28). The van der Waals surface area contributed by atoms with E-state index in [4.69, 9.17) is 10.5 Å². The zero-order chi connectivity index (χ0) is 21.4. The van der Waals surface area contributed by atoms with Crippen LogP contribution in [-0.2, 0) is 6.42 Å². The van der Waals surface area contributed by atoms with Crippen LogP contribution >= 0.6 is 0 Å². The Morgan fingerprint density at radius 3 is 2.94 bits per heavy atom. The average molecular weight is 416 g/mol. The van der Waals surface area contributed by atoms with Crippen molar-refractivity contribution in [2.45, 2.75) is 25.6 Å². The lowest BCUT2D eigenvalue weighted by atomic mass is 10.0. The van der Waals surface area contributed by atoms with E-state index in [0.717, 1.165) is 51.4 Å². The van der Waals surface area contributed by atoms with Crippen molar-refractivity contribution in [1.29, 1.82) is 0 Å². The molecule has 8 heteroatoms. The Morgan fingerprint density at radius 1 is 1.16 bits per heavy atom. The van der Waals surface area contributed by atoms with E-state index < -0.39 is 5.79 Å². The van der Waals surface area contributed by atoms with E-state index >= 15 is 0 Å². The number of hydrogen-bond acceptors (Lipinski definition) is 6. The highest BCUT2D eigenvalue weighted by atomic mass is 16.5. The topological polar surface area (TPSA) is 116 Å². The van der Waals surface area contributed by atoms with Crippen LogP contribution in [0.5, 0.6) is 5.75 Å². The van der Waals surface area contributed by atoms with Crippen molar-refractivity contribution in [1.82, 2.24) is 20.3 Å². The summed E-state index contributed by atoms with van der Waals surface area (Å²) in [5.41, 5.74) is 11.7. The third-order valence-electron chi connectivity index (χ3n) is 5.53. The van der Waals surface area contributed by atoms with Gasteiger partial charge in [0.05, 0.1) is 18.1 Å². The Morgan fingerprint density at radius 2 is 2.06 bits per heavy atom. The van der Waals surface area contributed by atoms with Gasteiger partial charge in [0.15, 0.2) is 5.79 Å². The maximum absolute atomic E-state index is 6.57. The van der Waals surface area contributed by atoms with Crippen LogP contribution in [0, 0.1) is 6.92 Å². The SMILES string of the molecule is COc1ccc2[nH]cc(CCC3(N)N=CC=C(Nc4ccc5nc(C)[nH]c5c4)N3)c2c1. The zero-order valence-corrected chi connectivity index (χ0v) is 17.5. The number of anilines is 1. The third kappa shape index (κ3) is 3.85. The largest absolute Gasteiger partial charge is 0.497 e. The molecule has 5 rings (SSSR count). The minimum Gasteiger partial charge on any atom is -0.497 e. The van der Waals surface area contributed by atoms with Gasteiger partial charge in [0.25, 0.3) is 0 Å². The number of aliphatic imine (C=N–C) groups is 1. The van der Waals surface area contributed by atoms with Gasteiger partial charge in [-0.3, -0.25) is 10.7 Å². The number of aromatic nitrogens is 3. The molecule has 158 valence electrons. The molecular weight excluding hydrogens is 390 g/mol. The number of aromatic amines is 2. The van der Waals surface area contributed by atoms with Gasteiger partial charge in [-0.25, -0.2) is 4.98 Å². The molecule has 3 heterocycles. The number of rotatable bonds is 6. The summed E-state index contributed by atoms with van der Waals surface area (Å²) < 4.78 is 5.36. The lowest BCUT2D eigenvalue weighted by molar-refractivity contribution is 0.356. The molecule has 31 heavy (non-hydrogen) atoms. The first-order valence-corrected chi connectivity index (χ1v) is 10.2. The van der Waals surface area contributed by atoms with E-state index in [1.54, 1.807) is 13.3 Å². The molecule has 0 bridgehead atoms. The van der Waals surface area contributed by atoms with Gasteiger partial charge in [-0.1, -0.05) is 0 Å². The molecule has 8 nitrogen and oxygen atoms in total. The van der Waals surface area contributed by atoms with Gasteiger partial charge in [0.1, 0.15) is 17.4 Å². The number of nitrogens with zero attached hydrogens (tertiary/aromatic N) is 2. The predicted octanol–water partition coefficient (Wildman–Crippen LogP) is 3.53. The lowest BCUT2D eigenvalue weighted by Crippen LogP contribution is -2.54.